The molecule has 0 bridgehead atoms. The molecule has 31 heavy (non-hydrogen) atoms. The highest BCUT2D eigenvalue weighted by Gasteiger charge is 2.35. The molecule has 1 aromatic carbocycles. The minimum atomic E-state index is -0.280. The summed E-state index contributed by atoms with van der Waals surface area (Å²) in [7, 11) is 0. The Morgan fingerprint density at radius 2 is 2.03 bits per heavy atom. The Hall–Kier alpha value is -2.54. The molecule has 1 aliphatic heterocycles. The Morgan fingerprint density at radius 1 is 1.26 bits per heavy atom. The SMILES string of the molecule is CCC(C)(C)n1nnnc1[C@H](c1cc2cc(C)cc(C)c2[nH]c1=O)N1CCC[C@H](C)C1. The summed E-state index contributed by atoms with van der Waals surface area (Å²) in [6.07, 6.45) is 3.21. The zero-order chi connectivity index (χ0) is 22.3. The van der Waals surface area contributed by atoms with Crippen molar-refractivity contribution in [2.24, 2.45) is 5.92 Å². The Kier molecular flexibility index (Phi) is 5.73. The Morgan fingerprint density at radius 3 is 2.74 bits per heavy atom. The fourth-order valence-corrected chi connectivity index (χ4v) is 4.81. The van der Waals surface area contributed by atoms with Gasteiger partial charge in [0.15, 0.2) is 5.82 Å². The van der Waals surface area contributed by atoms with Crippen LogP contribution in [0.25, 0.3) is 10.9 Å². The number of pyridine rings is 1. The van der Waals surface area contributed by atoms with Gasteiger partial charge in [-0.2, -0.15) is 0 Å². The molecule has 3 aromatic rings. The van der Waals surface area contributed by atoms with Gasteiger partial charge in [0, 0.05) is 12.1 Å². The number of hydrogen-bond donors (Lipinski definition) is 1. The van der Waals surface area contributed by atoms with Gasteiger partial charge in [0.25, 0.3) is 5.56 Å². The predicted octanol–water partition coefficient (Wildman–Crippen LogP) is 4.10. The average molecular weight is 423 g/mol. The zero-order valence-electron chi connectivity index (χ0n) is 19.6. The summed E-state index contributed by atoms with van der Waals surface area (Å²) in [4.78, 5) is 19.0. The van der Waals surface area contributed by atoms with Crippen LogP contribution in [0.15, 0.2) is 23.0 Å². The molecule has 1 fully saturated rings. The maximum absolute atomic E-state index is 13.4. The van der Waals surface area contributed by atoms with Gasteiger partial charge in [-0.05, 0) is 92.9 Å². The predicted molar refractivity (Wildman–Crippen MR) is 123 cm³/mol. The number of nitrogens with zero attached hydrogens (tertiary/aromatic N) is 5. The van der Waals surface area contributed by atoms with E-state index in [0.717, 1.165) is 53.8 Å². The number of nitrogens with one attached hydrogen (secondary N) is 1. The van der Waals surface area contributed by atoms with Crippen LogP contribution < -0.4 is 5.56 Å². The van der Waals surface area contributed by atoms with Gasteiger partial charge < -0.3 is 4.98 Å². The molecule has 0 spiro atoms. The van der Waals surface area contributed by atoms with E-state index >= 15 is 0 Å². The van der Waals surface area contributed by atoms with E-state index in [2.05, 4.69) is 78.2 Å². The minimum absolute atomic E-state index is 0.0634. The molecule has 2 aromatic heterocycles. The number of benzene rings is 1. The number of fused-ring (bicyclic) bond motifs is 1. The lowest BCUT2D eigenvalue weighted by molar-refractivity contribution is 0.135. The van der Waals surface area contributed by atoms with Gasteiger partial charge in [0.1, 0.15) is 6.04 Å². The van der Waals surface area contributed by atoms with E-state index in [4.69, 9.17) is 0 Å². The summed E-state index contributed by atoms with van der Waals surface area (Å²) in [6, 6.07) is 6.01. The molecular weight excluding hydrogens is 388 g/mol. The maximum Gasteiger partial charge on any atom is 0.253 e. The van der Waals surface area contributed by atoms with Gasteiger partial charge in [-0.3, -0.25) is 9.69 Å². The number of aryl methyl sites for hydroxylation is 2. The third-order valence-corrected chi connectivity index (χ3v) is 6.85. The van der Waals surface area contributed by atoms with Crippen LogP contribution in [-0.2, 0) is 5.54 Å². The molecule has 1 aliphatic rings. The van der Waals surface area contributed by atoms with Crippen LogP contribution in [0.2, 0.25) is 0 Å². The van der Waals surface area contributed by atoms with Crippen molar-refractivity contribution in [2.75, 3.05) is 13.1 Å². The van der Waals surface area contributed by atoms with Crippen molar-refractivity contribution in [3.8, 4) is 0 Å². The van der Waals surface area contributed by atoms with E-state index in [9.17, 15) is 4.79 Å². The zero-order valence-corrected chi connectivity index (χ0v) is 19.6. The summed E-state index contributed by atoms with van der Waals surface area (Å²) in [5, 5.41) is 13.9. The lowest BCUT2D eigenvalue weighted by Crippen LogP contribution is -2.42. The quantitative estimate of drug-likeness (QED) is 0.670. The lowest BCUT2D eigenvalue weighted by atomic mass is 9.94. The second-order valence-electron chi connectivity index (χ2n) is 9.86. The number of aromatic nitrogens is 5. The molecule has 7 nitrogen and oxygen atoms in total. The van der Waals surface area contributed by atoms with Crippen LogP contribution >= 0.6 is 0 Å². The van der Waals surface area contributed by atoms with Gasteiger partial charge >= 0.3 is 0 Å². The Bertz CT molecular complexity index is 1140. The fourth-order valence-electron chi connectivity index (χ4n) is 4.81. The molecule has 0 radical (unpaired) electrons. The highest BCUT2D eigenvalue weighted by molar-refractivity contribution is 5.83. The third-order valence-electron chi connectivity index (χ3n) is 6.85. The van der Waals surface area contributed by atoms with Crippen LogP contribution in [0.3, 0.4) is 0 Å². The second kappa shape index (κ2) is 8.19. The first-order valence-corrected chi connectivity index (χ1v) is 11.4. The molecule has 0 unspecified atom stereocenters. The van der Waals surface area contributed by atoms with Crippen LogP contribution in [-0.4, -0.2) is 43.2 Å². The van der Waals surface area contributed by atoms with E-state index in [1.54, 1.807) is 0 Å². The fraction of sp³-hybridized carbons (Fsp3) is 0.583. The van der Waals surface area contributed by atoms with Crippen molar-refractivity contribution in [1.82, 2.24) is 30.1 Å². The third kappa shape index (κ3) is 4.03. The molecule has 2 atom stereocenters. The molecule has 1 saturated heterocycles. The smallest absolute Gasteiger partial charge is 0.253 e. The molecule has 4 rings (SSSR count). The standard InChI is InChI=1S/C24H34N6O/c1-7-24(5,6)30-22(26-27-28-30)21(29-10-8-9-15(2)14-29)19-13-18-12-16(3)11-17(4)20(18)25-23(19)31/h11-13,15,21H,7-10,14H2,1-6H3,(H,25,31)/t15-,21-/m0/s1. The Labute approximate surface area is 183 Å². The van der Waals surface area contributed by atoms with Crippen molar-refractivity contribution >= 4 is 10.9 Å². The molecule has 1 N–H and O–H groups in total. The van der Waals surface area contributed by atoms with Crippen molar-refractivity contribution in [2.45, 2.75) is 72.4 Å². The van der Waals surface area contributed by atoms with Gasteiger partial charge in [-0.25, -0.2) is 4.68 Å². The number of aromatic amines is 1. The van der Waals surface area contributed by atoms with Crippen LogP contribution in [0.4, 0.5) is 0 Å². The molecule has 0 saturated carbocycles. The van der Waals surface area contributed by atoms with Crippen molar-refractivity contribution < 1.29 is 0 Å². The van der Waals surface area contributed by atoms with Crippen LogP contribution in [0.1, 0.15) is 75.5 Å². The second-order valence-corrected chi connectivity index (χ2v) is 9.86. The first-order chi connectivity index (χ1) is 14.7. The van der Waals surface area contributed by atoms with E-state index in [-0.39, 0.29) is 17.1 Å². The van der Waals surface area contributed by atoms with Crippen molar-refractivity contribution in [3.63, 3.8) is 0 Å². The van der Waals surface area contributed by atoms with Gasteiger partial charge in [-0.1, -0.05) is 25.5 Å². The first kappa shape index (κ1) is 21.7. The molecule has 3 heterocycles. The van der Waals surface area contributed by atoms with E-state index in [1.165, 1.54) is 12.0 Å². The number of hydrogen-bond acceptors (Lipinski definition) is 5. The number of piperidine rings is 1. The summed E-state index contributed by atoms with van der Waals surface area (Å²) in [5.74, 6) is 1.32. The summed E-state index contributed by atoms with van der Waals surface area (Å²) >= 11 is 0. The lowest BCUT2D eigenvalue weighted by Gasteiger charge is -2.37. The van der Waals surface area contributed by atoms with Gasteiger partial charge in [-0.15, -0.1) is 5.10 Å². The molecule has 0 amide bonds. The summed E-state index contributed by atoms with van der Waals surface area (Å²) in [6.45, 7) is 14.7. The Balaban J connectivity index is 1.94. The molecular formula is C24H34N6O. The molecule has 0 aliphatic carbocycles. The van der Waals surface area contributed by atoms with E-state index < -0.39 is 0 Å². The highest BCUT2D eigenvalue weighted by atomic mass is 16.1. The maximum atomic E-state index is 13.4. The van der Waals surface area contributed by atoms with Crippen molar-refractivity contribution in [1.29, 1.82) is 0 Å². The monoisotopic (exact) mass is 422 g/mol. The normalized spacial score (nSPS) is 19.1. The van der Waals surface area contributed by atoms with Gasteiger partial charge in [0.2, 0.25) is 0 Å². The summed E-state index contributed by atoms with van der Waals surface area (Å²) < 4.78 is 1.92. The number of likely N-dealkylation sites (tertiary alicyclic amines) is 1. The van der Waals surface area contributed by atoms with Crippen molar-refractivity contribution in [3.05, 3.63) is 51.1 Å². The van der Waals surface area contributed by atoms with E-state index in [1.807, 2.05) is 11.6 Å². The largest absolute Gasteiger partial charge is 0.321 e. The topological polar surface area (TPSA) is 79.7 Å². The summed E-state index contributed by atoms with van der Waals surface area (Å²) in [5.41, 5.74) is 3.58. The highest BCUT2D eigenvalue weighted by Crippen LogP contribution is 2.33. The first-order valence-electron chi connectivity index (χ1n) is 11.4. The number of H-pyrrole nitrogens is 1. The molecule has 7 heteroatoms. The average Bonchev–Trinajstić information content (AvgIpc) is 3.20. The molecule has 166 valence electrons. The van der Waals surface area contributed by atoms with Crippen LogP contribution in [0, 0.1) is 19.8 Å². The van der Waals surface area contributed by atoms with Gasteiger partial charge in [0.05, 0.1) is 11.1 Å². The minimum Gasteiger partial charge on any atom is -0.321 e. The van der Waals surface area contributed by atoms with E-state index in [0.29, 0.717) is 5.92 Å². The number of rotatable bonds is 5. The van der Waals surface area contributed by atoms with Crippen LogP contribution in [0.5, 0.6) is 0 Å². The number of tetrazole rings is 1.